The molecular formula is C54H36N2. The van der Waals surface area contributed by atoms with Crippen molar-refractivity contribution in [1.29, 1.82) is 0 Å². The summed E-state index contributed by atoms with van der Waals surface area (Å²) in [5.74, 6) is 0. The molecule has 2 heteroatoms. The second kappa shape index (κ2) is 13.2. The zero-order chi connectivity index (χ0) is 37.0. The summed E-state index contributed by atoms with van der Waals surface area (Å²) in [4.78, 5) is 0. The lowest BCUT2D eigenvalue weighted by Gasteiger charge is -2.12. The molecule has 0 amide bonds. The van der Waals surface area contributed by atoms with Crippen molar-refractivity contribution in [1.82, 2.24) is 9.13 Å². The van der Waals surface area contributed by atoms with E-state index in [1.807, 2.05) is 0 Å². The van der Waals surface area contributed by atoms with Crippen LogP contribution in [0.4, 0.5) is 0 Å². The Morgan fingerprint density at radius 3 is 1.36 bits per heavy atom. The van der Waals surface area contributed by atoms with Crippen LogP contribution in [-0.2, 0) is 0 Å². The van der Waals surface area contributed by atoms with Crippen molar-refractivity contribution < 1.29 is 0 Å². The van der Waals surface area contributed by atoms with E-state index in [2.05, 4.69) is 228 Å². The second-order valence-electron chi connectivity index (χ2n) is 14.6. The summed E-state index contributed by atoms with van der Waals surface area (Å²) >= 11 is 0. The highest BCUT2D eigenvalue weighted by Gasteiger charge is 2.19. The van der Waals surface area contributed by atoms with Gasteiger partial charge in [0, 0.05) is 32.9 Å². The van der Waals surface area contributed by atoms with E-state index < -0.39 is 0 Å². The van der Waals surface area contributed by atoms with Crippen molar-refractivity contribution in [3.8, 4) is 55.9 Å². The van der Waals surface area contributed by atoms with Gasteiger partial charge in [0.1, 0.15) is 0 Å². The van der Waals surface area contributed by atoms with Crippen LogP contribution in [-0.4, -0.2) is 9.13 Å². The molecule has 9 aromatic carbocycles. The minimum atomic E-state index is 1.14. The first-order valence-electron chi connectivity index (χ1n) is 19.3. The van der Waals surface area contributed by atoms with Crippen molar-refractivity contribution in [2.75, 3.05) is 0 Å². The molecule has 2 aromatic heterocycles. The fraction of sp³-hybridized carbons (Fsp3) is 0. The Balaban J connectivity index is 1.15. The molecule has 0 fully saturated rings. The SMILES string of the molecule is c1ccc(-c2cccc(-n3c4ccc(-c5ccccc5)cc4c4ccc(-c5cccc6c5c5ccccc5n6-c5cccc(-c6ccccc6)c5)cc43)c2)cc1. The van der Waals surface area contributed by atoms with E-state index in [4.69, 9.17) is 0 Å². The van der Waals surface area contributed by atoms with Crippen LogP contribution in [0.3, 0.4) is 0 Å². The quantitative estimate of drug-likeness (QED) is 0.162. The summed E-state index contributed by atoms with van der Waals surface area (Å²) in [6.07, 6.45) is 0. The van der Waals surface area contributed by atoms with Gasteiger partial charge in [-0.3, -0.25) is 0 Å². The fourth-order valence-electron chi connectivity index (χ4n) is 8.73. The molecule has 0 saturated carbocycles. The van der Waals surface area contributed by atoms with Crippen LogP contribution in [0.1, 0.15) is 0 Å². The standard InChI is InChI=1S/C54H36N2/c1-4-15-37(16-5-1)40-21-12-23-44(33-40)55-50-27-11-10-25-48(50)54-46(26-14-28-52(54)55)43-29-31-47-49-35-42(39-19-8-3-9-20-39)30-32-51(49)56(53(47)36-43)45-24-13-22-41(34-45)38-17-6-2-7-18-38/h1-36H. The summed E-state index contributed by atoms with van der Waals surface area (Å²) in [5.41, 5.74) is 16.7. The molecule has 2 heterocycles. The number of hydrogen-bond acceptors (Lipinski definition) is 0. The molecule has 0 saturated heterocycles. The molecule has 0 aliphatic carbocycles. The molecule has 0 atom stereocenters. The molecule has 0 N–H and O–H groups in total. The van der Waals surface area contributed by atoms with E-state index in [0.29, 0.717) is 0 Å². The van der Waals surface area contributed by atoms with Crippen molar-refractivity contribution in [3.05, 3.63) is 218 Å². The molecular weight excluding hydrogens is 677 g/mol. The topological polar surface area (TPSA) is 9.86 Å². The molecule has 11 aromatic rings. The summed E-state index contributed by atoms with van der Waals surface area (Å²) in [7, 11) is 0. The van der Waals surface area contributed by atoms with E-state index >= 15 is 0 Å². The van der Waals surface area contributed by atoms with Gasteiger partial charge < -0.3 is 9.13 Å². The predicted octanol–water partition coefficient (Wildman–Crippen LogP) is 14.5. The zero-order valence-electron chi connectivity index (χ0n) is 30.7. The highest BCUT2D eigenvalue weighted by molar-refractivity contribution is 6.17. The summed E-state index contributed by atoms with van der Waals surface area (Å²) in [6, 6.07) is 79.4. The number of benzene rings is 9. The van der Waals surface area contributed by atoms with Gasteiger partial charge in [-0.1, -0.05) is 164 Å². The van der Waals surface area contributed by atoms with E-state index in [1.165, 1.54) is 88.1 Å². The van der Waals surface area contributed by atoms with Gasteiger partial charge in [-0.15, -0.1) is 0 Å². The van der Waals surface area contributed by atoms with Crippen molar-refractivity contribution >= 4 is 43.6 Å². The number of fused-ring (bicyclic) bond motifs is 6. The molecule has 2 nitrogen and oxygen atoms in total. The monoisotopic (exact) mass is 712 g/mol. The molecule has 0 aliphatic rings. The summed E-state index contributed by atoms with van der Waals surface area (Å²) < 4.78 is 4.88. The molecule has 0 radical (unpaired) electrons. The van der Waals surface area contributed by atoms with Gasteiger partial charge in [-0.25, -0.2) is 0 Å². The third-order valence-corrected chi connectivity index (χ3v) is 11.3. The molecule has 11 rings (SSSR count). The number of rotatable bonds is 6. The third kappa shape index (κ3) is 5.26. The second-order valence-corrected chi connectivity index (χ2v) is 14.6. The summed E-state index contributed by atoms with van der Waals surface area (Å²) in [5, 5.41) is 4.98. The highest BCUT2D eigenvalue weighted by atomic mass is 15.0. The van der Waals surface area contributed by atoms with E-state index in [9.17, 15) is 0 Å². The predicted molar refractivity (Wildman–Crippen MR) is 237 cm³/mol. The lowest BCUT2D eigenvalue weighted by atomic mass is 9.97. The number of hydrogen-bond donors (Lipinski definition) is 0. The maximum absolute atomic E-state index is 2.45. The Morgan fingerprint density at radius 2 is 0.714 bits per heavy atom. The third-order valence-electron chi connectivity index (χ3n) is 11.3. The van der Waals surface area contributed by atoms with Crippen LogP contribution in [0.2, 0.25) is 0 Å². The van der Waals surface area contributed by atoms with Gasteiger partial charge in [0.05, 0.1) is 22.1 Å². The highest BCUT2D eigenvalue weighted by Crippen LogP contribution is 2.42. The average Bonchev–Trinajstić information content (AvgIpc) is 3.80. The van der Waals surface area contributed by atoms with Gasteiger partial charge in [-0.2, -0.15) is 0 Å². The van der Waals surface area contributed by atoms with Crippen LogP contribution in [0, 0.1) is 0 Å². The van der Waals surface area contributed by atoms with Crippen LogP contribution in [0.15, 0.2) is 218 Å². The van der Waals surface area contributed by atoms with E-state index in [-0.39, 0.29) is 0 Å². The summed E-state index contributed by atoms with van der Waals surface area (Å²) in [6.45, 7) is 0. The molecule has 0 unspecified atom stereocenters. The molecule has 262 valence electrons. The van der Waals surface area contributed by atoms with Gasteiger partial charge in [-0.05, 0) is 99.1 Å². The normalized spacial score (nSPS) is 11.6. The van der Waals surface area contributed by atoms with E-state index in [0.717, 1.165) is 11.4 Å². The van der Waals surface area contributed by atoms with Crippen LogP contribution in [0.5, 0.6) is 0 Å². The van der Waals surface area contributed by atoms with Gasteiger partial charge in [0.25, 0.3) is 0 Å². The zero-order valence-corrected chi connectivity index (χ0v) is 30.7. The lowest BCUT2D eigenvalue weighted by molar-refractivity contribution is 1.18. The molecule has 0 spiro atoms. The largest absolute Gasteiger partial charge is 0.309 e. The Morgan fingerprint density at radius 1 is 0.232 bits per heavy atom. The first-order chi connectivity index (χ1) is 27.8. The Hall–Kier alpha value is -7.42. The first-order valence-corrected chi connectivity index (χ1v) is 19.3. The van der Waals surface area contributed by atoms with Crippen molar-refractivity contribution in [2.45, 2.75) is 0 Å². The molecule has 0 aliphatic heterocycles. The van der Waals surface area contributed by atoms with Crippen LogP contribution in [0.25, 0.3) is 99.5 Å². The van der Waals surface area contributed by atoms with E-state index in [1.54, 1.807) is 0 Å². The minimum absolute atomic E-state index is 1.14. The maximum Gasteiger partial charge on any atom is 0.0547 e. The Labute approximate surface area is 325 Å². The minimum Gasteiger partial charge on any atom is -0.309 e. The molecule has 0 bridgehead atoms. The Bertz CT molecular complexity index is 3220. The smallest absolute Gasteiger partial charge is 0.0547 e. The van der Waals surface area contributed by atoms with Gasteiger partial charge >= 0.3 is 0 Å². The van der Waals surface area contributed by atoms with Crippen molar-refractivity contribution in [3.63, 3.8) is 0 Å². The number of nitrogens with zero attached hydrogens (tertiary/aromatic N) is 2. The van der Waals surface area contributed by atoms with Gasteiger partial charge in [0.2, 0.25) is 0 Å². The average molecular weight is 713 g/mol. The van der Waals surface area contributed by atoms with Crippen LogP contribution < -0.4 is 0 Å². The number of para-hydroxylation sites is 1. The maximum atomic E-state index is 2.45. The van der Waals surface area contributed by atoms with Crippen molar-refractivity contribution in [2.24, 2.45) is 0 Å². The fourth-order valence-corrected chi connectivity index (χ4v) is 8.73. The van der Waals surface area contributed by atoms with Crippen LogP contribution >= 0.6 is 0 Å². The number of aromatic nitrogens is 2. The van der Waals surface area contributed by atoms with Gasteiger partial charge in [0.15, 0.2) is 0 Å². The Kier molecular flexibility index (Phi) is 7.53. The molecule has 56 heavy (non-hydrogen) atoms. The first kappa shape index (κ1) is 32.0. The lowest BCUT2D eigenvalue weighted by Crippen LogP contribution is -1.95.